The van der Waals surface area contributed by atoms with Gasteiger partial charge in [-0.1, -0.05) is 18.2 Å². The van der Waals surface area contributed by atoms with Crippen molar-refractivity contribution in [3.05, 3.63) is 35.4 Å². The summed E-state index contributed by atoms with van der Waals surface area (Å²) in [6.07, 6.45) is 3.63. The van der Waals surface area contributed by atoms with Gasteiger partial charge in [0, 0.05) is 25.4 Å². The van der Waals surface area contributed by atoms with Crippen molar-refractivity contribution in [3.8, 4) is 0 Å². The van der Waals surface area contributed by atoms with Crippen molar-refractivity contribution in [2.75, 3.05) is 13.2 Å². The lowest BCUT2D eigenvalue weighted by Gasteiger charge is -2.34. The lowest BCUT2D eigenvalue weighted by molar-refractivity contribution is -0.0883. The number of hydrogen-bond donors (Lipinski definition) is 1. The van der Waals surface area contributed by atoms with Crippen LogP contribution in [0.4, 0.5) is 0 Å². The van der Waals surface area contributed by atoms with Gasteiger partial charge in [0.05, 0.1) is 12.2 Å². The number of nitrogens with zero attached hydrogens (tertiary/aromatic N) is 1. The monoisotopic (exact) mass is 275 g/mol. The summed E-state index contributed by atoms with van der Waals surface area (Å²) in [5, 5.41) is 9.44. The molecule has 4 nitrogen and oxygen atoms in total. The molecule has 1 aromatic rings. The Hall–Kier alpha value is -1.39. The summed E-state index contributed by atoms with van der Waals surface area (Å²) in [5.74, 6) is -0.242. The summed E-state index contributed by atoms with van der Waals surface area (Å²) < 4.78 is 5.90. The molecule has 0 spiro atoms. The molecule has 108 valence electrons. The Balaban J connectivity index is 1.80. The van der Waals surface area contributed by atoms with E-state index in [9.17, 15) is 9.90 Å². The van der Waals surface area contributed by atoms with E-state index in [0.29, 0.717) is 5.56 Å². The Bertz CT molecular complexity index is 516. The van der Waals surface area contributed by atoms with Crippen LogP contribution in [-0.2, 0) is 4.74 Å². The second kappa shape index (κ2) is 5.19. The molecule has 0 amide bonds. The Morgan fingerprint density at radius 2 is 2.25 bits per heavy atom. The Morgan fingerprint density at radius 3 is 3.00 bits per heavy atom. The van der Waals surface area contributed by atoms with Crippen molar-refractivity contribution in [3.63, 3.8) is 0 Å². The van der Waals surface area contributed by atoms with Crippen LogP contribution in [0.5, 0.6) is 0 Å². The highest BCUT2D eigenvalue weighted by Crippen LogP contribution is 2.43. The molecule has 0 aromatic heterocycles. The lowest BCUT2D eigenvalue weighted by Crippen LogP contribution is -2.46. The first kappa shape index (κ1) is 13.6. The van der Waals surface area contributed by atoms with Gasteiger partial charge in [-0.05, 0) is 31.4 Å². The molecule has 2 aliphatic heterocycles. The maximum atomic E-state index is 12.4. The summed E-state index contributed by atoms with van der Waals surface area (Å²) in [6.45, 7) is 2.97. The van der Waals surface area contributed by atoms with Crippen molar-refractivity contribution >= 4 is 5.97 Å². The first-order valence-electron chi connectivity index (χ1n) is 7.33. The minimum absolute atomic E-state index is 0.141. The van der Waals surface area contributed by atoms with Crippen LogP contribution in [-0.4, -0.2) is 40.9 Å². The Kier molecular flexibility index (Phi) is 3.52. The van der Waals surface area contributed by atoms with E-state index in [0.717, 1.165) is 37.8 Å². The standard InChI is InChI=1S/C16H21NO3/c1-12-5-2-3-6-14(12)15(19)20-16-8-4-10-17(16)13(11-18)7-9-16/h2-3,5-6,13,18H,4,7-11H2,1H3/t13-,16+/m1/s1. The third-order valence-corrected chi connectivity index (χ3v) is 4.66. The van der Waals surface area contributed by atoms with Crippen molar-refractivity contribution in [1.82, 2.24) is 4.90 Å². The Morgan fingerprint density at radius 1 is 1.45 bits per heavy atom. The van der Waals surface area contributed by atoms with Gasteiger partial charge in [0.2, 0.25) is 0 Å². The zero-order valence-electron chi connectivity index (χ0n) is 11.8. The van der Waals surface area contributed by atoms with Crippen LogP contribution in [0.2, 0.25) is 0 Å². The smallest absolute Gasteiger partial charge is 0.340 e. The lowest BCUT2D eigenvalue weighted by atomic mass is 10.1. The minimum atomic E-state index is -0.479. The molecule has 3 rings (SSSR count). The fourth-order valence-corrected chi connectivity index (χ4v) is 3.58. The number of carbonyl (C=O) groups excluding carboxylic acids is 1. The summed E-state index contributed by atoms with van der Waals surface area (Å²) in [6, 6.07) is 7.66. The number of hydrogen-bond acceptors (Lipinski definition) is 4. The van der Waals surface area contributed by atoms with E-state index in [2.05, 4.69) is 4.90 Å². The van der Waals surface area contributed by atoms with Gasteiger partial charge < -0.3 is 9.84 Å². The van der Waals surface area contributed by atoms with Crippen molar-refractivity contribution in [2.45, 2.75) is 44.4 Å². The van der Waals surface area contributed by atoms with Crippen LogP contribution in [0.25, 0.3) is 0 Å². The SMILES string of the molecule is Cc1ccccc1C(=O)O[C@]12CCCN1[C@@H](CO)CC2. The molecule has 2 atom stereocenters. The molecule has 20 heavy (non-hydrogen) atoms. The van der Waals surface area contributed by atoms with Gasteiger partial charge in [-0.15, -0.1) is 0 Å². The molecule has 0 saturated carbocycles. The van der Waals surface area contributed by atoms with Crippen LogP contribution >= 0.6 is 0 Å². The zero-order valence-corrected chi connectivity index (χ0v) is 11.8. The largest absolute Gasteiger partial charge is 0.440 e. The van der Waals surface area contributed by atoms with Gasteiger partial charge in [0.1, 0.15) is 0 Å². The fraction of sp³-hybridized carbons (Fsp3) is 0.562. The second-order valence-corrected chi connectivity index (χ2v) is 5.82. The number of aryl methyl sites for hydroxylation is 1. The van der Waals surface area contributed by atoms with Crippen LogP contribution < -0.4 is 0 Å². The van der Waals surface area contributed by atoms with Gasteiger partial charge in [0.25, 0.3) is 0 Å². The van der Waals surface area contributed by atoms with E-state index in [4.69, 9.17) is 4.74 Å². The van der Waals surface area contributed by atoms with E-state index >= 15 is 0 Å². The highest BCUT2D eigenvalue weighted by atomic mass is 16.6. The molecule has 1 N–H and O–H groups in total. The fourth-order valence-electron chi connectivity index (χ4n) is 3.58. The van der Waals surface area contributed by atoms with Gasteiger partial charge in [-0.3, -0.25) is 4.90 Å². The van der Waals surface area contributed by atoms with E-state index < -0.39 is 5.72 Å². The number of aliphatic hydroxyl groups excluding tert-OH is 1. The van der Waals surface area contributed by atoms with Gasteiger partial charge in [-0.25, -0.2) is 4.79 Å². The van der Waals surface area contributed by atoms with E-state index in [1.54, 1.807) is 0 Å². The van der Waals surface area contributed by atoms with Crippen molar-refractivity contribution in [2.24, 2.45) is 0 Å². The van der Waals surface area contributed by atoms with E-state index in [1.807, 2.05) is 31.2 Å². The highest BCUT2D eigenvalue weighted by molar-refractivity contribution is 5.91. The molecule has 0 aliphatic carbocycles. The molecule has 2 heterocycles. The van der Waals surface area contributed by atoms with Gasteiger partial charge in [-0.2, -0.15) is 0 Å². The molecule has 2 aliphatic rings. The summed E-state index contributed by atoms with van der Waals surface area (Å²) in [4.78, 5) is 14.6. The quantitative estimate of drug-likeness (QED) is 0.858. The first-order valence-corrected chi connectivity index (χ1v) is 7.33. The topological polar surface area (TPSA) is 49.8 Å². The second-order valence-electron chi connectivity index (χ2n) is 5.82. The number of ether oxygens (including phenoxy) is 1. The predicted molar refractivity (Wildman–Crippen MR) is 75.4 cm³/mol. The van der Waals surface area contributed by atoms with Crippen LogP contribution in [0.1, 0.15) is 41.6 Å². The number of esters is 1. The van der Waals surface area contributed by atoms with Crippen LogP contribution in [0, 0.1) is 6.92 Å². The molecule has 2 fully saturated rings. The number of rotatable bonds is 3. The van der Waals surface area contributed by atoms with E-state index in [-0.39, 0.29) is 18.6 Å². The first-order chi connectivity index (χ1) is 9.66. The molecule has 2 saturated heterocycles. The van der Waals surface area contributed by atoms with Crippen molar-refractivity contribution in [1.29, 1.82) is 0 Å². The normalized spacial score (nSPS) is 29.4. The predicted octanol–water partition coefficient (Wildman–Crippen LogP) is 2.10. The summed E-state index contributed by atoms with van der Waals surface area (Å²) >= 11 is 0. The van der Waals surface area contributed by atoms with Crippen LogP contribution in [0.15, 0.2) is 24.3 Å². The van der Waals surface area contributed by atoms with Gasteiger partial charge >= 0.3 is 5.97 Å². The third kappa shape index (κ3) is 2.13. The number of fused-ring (bicyclic) bond motifs is 1. The summed E-state index contributed by atoms with van der Waals surface area (Å²) in [5.41, 5.74) is 1.10. The Labute approximate surface area is 119 Å². The third-order valence-electron chi connectivity index (χ3n) is 4.66. The minimum Gasteiger partial charge on any atom is -0.440 e. The maximum absolute atomic E-state index is 12.4. The maximum Gasteiger partial charge on any atom is 0.340 e. The molecule has 4 heteroatoms. The molecular weight excluding hydrogens is 254 g/mol. The van der Waals surface area contributed by atoms with E-state index in [1.165, 1.54) is 0 Å². The van der Waals surface area contributed by atoms with Crippen LogP contribution in [0.3, 0.4) is 0 Å². The highest BCUT2D eigenvalue weighted by Gasteiger charge is 2.52. The average molecular weight is 275 g/mol. The van der Waals surface area contributed by atoms with Crippen molar-refractivity contribution < 1.29 is 14.6 Å². The molecule has 0 radical (unpaired) electrons. The number of benzene rings is 1. The zero-order chi connectivity index (χ0) is 14.2. The summed E-state index contributed by atoms with van der Waals surface area (Å²) in [7, 11) is 0. The molecule has 0 bridgehead atoms. The van der Waals surface area contributed by atoms with Gasteiger partial charge in [0.15, 0.2) is 5.72 Å². The molecular formula is C16H21NO3. The molecule has 1 aromatic carbocycles. The number of carbonyl (C=O) groups is 1. The average Bonchev–Trinajstić information content (AvgIpc) is 2.97. The molecule has 0 unspecified atom stereocenters. The number of aliphatic hydroxyl groups is 1.